The van der Waals surface area contributed by atoms with Gasteiger partial charge in [0.05, 0.1) is 5.56 Å². The van der Waals surface area contributed by atoms with Gasteiger partial charge in [-0.2, -0.15) is 0 Å². The fraction of sp³-hybridized carbons (Fsp3) is 0.0667. The summed E-state index contributed by atoms with van der Waals surface area (Å²) < 4.78 is 13.1. The largest absolute Gasteiger partial charge is 0.456 e. The summed E-state index contributed by atoms with van der Waals surface area (Å²) in [6.07, 6.45) is 1.61. The molecule has 0 saturated heterocycles. The molecule has 11 aromatic rings. The minimum atomic E-state index is -0.507. The molecule has 1 aliphatic carbocycles. The van der Waals surface area contributed by atoms with Crippen molar-refractivity contribution in [3.8, 4) is 33.4 Å². The van der Waals surface area contributed by atoms with E-state index in [4.69, 9.17) is 18.8 Å². The third-order valence-electron chi connectivity index (χ3n) is 13.4. The number of fused-ring (bicyclic) bond motifs is 9. The molecular formula is C60H41N3O2. The first-order valence-electron chi connectivity index (χ1n) is 22.4. The number of nitrogens with zero attached hydrogens (tertiary/aromatic N) is 2. The van der Waals surface area contributed by atoms with Gasteiger partial charge < -0.3 is 14.2 Å². The smallest absolute Gasteiger partial charge is 0.169 e. The number of hydrogen-bond acceptors (Lipinski definition) is 5. The molecule has 2 unspecified atom stereocenters. The van der Waals surface area contributed by atoms with Crippen LogP contribution < -0.4 is 5.32 Å². The summed E-state index contributed by atoms with van der Waals surface area (Å²) in [4.78, 5) is 10.6. The van der Waals surface area contributed by atoms with E-state index in [1.54, 1.807) is 0 Å². The van der Waals surface area contributed by atoms with E-state index < -0.39 is 6.17 Å². The average molecular weight is 836 g/mol. The number of aliphatic imine (C=N–C) groups is 2. The molecule has 0 amide bonds. The van der Waals surface area contributed by atoms with Crippen molar-refractivity contribution in [1.82, 2.24) is 5.32 Å². The van der Waals surface area contributed by atoms with Crippen LogP contribution in [0.1, 0.15) is 51.9 Å². The van der Waals surface area contributed by atoms with E-state index in [1.165, 1.54) is 33.4 Å². The fourth-order valence-corrected chi connectivity index (χ4v) is 10.3. The zero-order chi connectivity index (χ0) is 42.8. The van der Waals surface area contributed by atoms with E-state index in [0.29, 0.717) is 11.8 Å². The van der Waals surface area contributed by atoms with Gasteiger partial charge in [0.1, 0.15) is 34.0 Å². The second-order valence-electron chi connectivity index (χ2n) is 17.2. The second-order valence-corrected chi connectivity index (χ2v) is 17.2. The zero-order valence-electron chi connectivity index (χ0n) is 35.4. The monoisotopic (exact) mass is 835 g/mol. The number of rotatable bonds is 6. The molecule has 0 saturated carbocycles. The van der Waals surface area contributed by atoms with Gasteiger partial charge in [0.2, 0.25) is 0 Å². The second kappa shape index (κ2) is 15.2. The minimum Gasteiger partial charge on any atom is -0.456 e. The van der Waals surface area contributed by atoms with Crippen LogP contribution in [0.4, 0.5) is 0 Å². The maximum absolute atomic E-state index is 6.59. The summed E-state index contributed by atoms with van der Waals surface area (Å²) in [6, 6.07) is 73.3. The first-order chi connectivity index (χ1) is 32.2. The fourth-order valence-electron chi connectivity index (χ4n) is 10.3. The van der Waals surface area contributed by atoms with Crippen LogP contribution in [0.15, 0.2) is 225 Å². The van der Waals surface area contributed by atoms with Crippen LogP contribution in [0.5, 0.6) is 0 Å². The summed E-state index contributed by atoms with van der Waals surface area (Å²) in [7, 11) is 0. The standard InChI is InChI=1S/C60H41N3O2/c1-3-14-37(15-4-1)45-31-28-38-16-7-8-21-44(38)51-35-40(29-32-47(45)51)41-30-33-54-52(36-41)56-46(23-13-27-55(56)64-54)42-19-11-20-43(34-42)59-61-58(39-17-5-2-6-18-39)62-60(63-59)50-25-12-24-49-48-22-9-10-26-53(48)65-57(49)50/h1-27,29-30,32-36,45,59H,28,31H2,(H,61,62,63). The minimum absolute atomic E-state index is 0.329. The van der Waals surface area contributed by atoms with Crippen molar-refractivity contribution in [1.29, 1.82) is 0 Å². The first-order valence-corrected chi connectivity index (χ1v) is 22.4. The predicted molar refractivity (Wildman–Crippen MR) is 266 cm³/mol. The molecule has 5 nitrogen and oxygen atoms in total. The number of nitrogens with one attached hydrogen (secondary N) is 1. The Morgan fingerprint density at radius 3 is 2.00 bits per heavy atom. The highest BCUT2D eigenvalue weighted by molar-refractivity contribution is 6.21. The third-order valence-corrected chi connectivity index (χ3v) is 13.4. The summed E-state index contributed by atoms with van der Waals surface area (Å²) in [5, 5.41) is 7.90. The topological polar surface area (TPSA) is 63.0 Å². The van der Waals surface area contributed by atoms with Crippen LogP contribution in [-0.2, 0) is 6.42 Å². The SMILES string of the molecule is c1ccc(C2=NC(c3cccc(-c4cccc5oc6ccc(-c7ccc8c(c7)-c7ccccc7CCC8c7ccccc7)cc6c45)c3)N=C(c3cccc4c3oc3ccccc34)N2)cc1. The molecule has 0 spiro atoms. The van der Waals surface area contributed by atoms with Gasteiger partial charge in [0.15, 0.2) is 6.17 Å². The molecule has 3 heterocycles. The van der Waals surface area contributed by atoms with Crippen LogP contribution in [0, 0.1) is 0 Å². The van der Waals surface area contributed by atoms with Crippen LogP contribution in [-0.4, -0.2) is 11.7 Å². The van der Waals surface area contributed by atoms with Crippen molar-refractivity contribution in [2.45, 2.75) is 24.9 Å². The van der Waals surface area contributed by atoms with Crippen LogP contribution in [0.25, 0.3) is 77.3 Å². The van der Waals surface area contributed by atoms with Gasteiger partial charge in [-0.25, -0.2) is 9.98 Å². The number of benzene rings is 9. The van der Waals surface area contributed by atoms with Crippen molar-refractivity contribution >= 4 is 55.5 Å². The van der Waals surface area contributed by atoms with Gasteiger partial charge in [-0.15, -0.1) is 0 Å². The number of amidine groups is 2. The molecule has 13 rings (SSSR count). The highest BCUT2D eigenvalue weighted by atomic mass is 16.3. The summed E-state index contributed by atoms with van der Waals surface area (Å²) in [6.45, 7) is 0. The molecule has 5 heteroatoms. The van der Waals surface area contributed by atoms with Crippen molar-refractivity contribution in [2.24, 2.45) is 9.98 Å². The molecule has 1 aliphatic heterocycles. The van der Waals surface area contributed by atoms with Crippen LogP contribution in [0.2, 0.25) is 0 Å². The van der Waals surface area contributed by atoms with Gasteiger partial charge in [0, 0.05) is 33.0 Å². The zero-order valence-corrected chi connectivity index (χ0v) is 35.4. The maximum Gasteiger partial charge on any atom is 0.169 e. The van der Waals surface area contributed by atoms with E-state index in [2.05, 4.69) is 175 Å². The molecule has 9 aromatic carbocycles. The number of furan rings is 2. The Hall–Kier alpha value is -8.28. The highest BCUT2D eigenvalue weighted by Crippen LogP contribution is 2.45. The molecule has 65 heavy (non-hydrogen) atoms. The lowest BCUT2D eigenvalue weighted by Gasteiger charge is -2.22. The Kier molecular flexibility index (Phi) is 8.73. The van der Waals surface area contributed by atoms with Gasteiger partial charge >= 0.3 is 0 Å². The molecule has 2 atom stereocenters. The molecule has 2 aromatic heterocycles. The summed E-state index contributed by atoms with van der Waals surface area (Å²) in [5.74, 6) is 1.80. The summed E-state index contributed by atoms with van der Waals surface area (Å²) in [5.41, 5.74) is 17.5. The van der Waals surface area contributed by atoms with Gasteiger partial charge in [-0.3, -0.25) is 0 Å². The number of aryl methyl sites for hydroxylation is 1. The van der Waals surface area contributed by atoms with Gasteiger partial charge in [0.25, 0.3) is 0 Å². The lowest BCUT2D eigenvalue weighted by molar-refractivity contribution is 0.667. The summed E-state index contributed by atoms with van der Waals surface area (Å²) >= 11 is 0. The van der Waals surface area contributed by atoms with Crippen molar-refractivity contribution in [3.63, 3.8) is 0 Å². The Labute approximate surface area is 376 Å². The van der Waals surface area contributed by atoms with E-state index in [0.717, 1.165) is 95.9 Å². The van der Waals surface area contributed by atoms with Crippen molar-refractivity contribution < 1.29 is 8.83 Å². The lowest BCUT2D eigenvalue weighted by atomic mass is 9.84. The van der Waals surface area contributed by atoms with Gasteiger partial charge in [-0.05, 0) is 111 Å². The molecule has 2 aliphatic rings. The highest BCUT2D eigenvalue weighted by Gasteiger charge is 2.26. The quantitative estimate of drug-likeness (QED) is 0.181. The van der Waals surface area contributed by atoms with E-state index >= 15 is 0 Å². The predicted octanol–water partition coefficient (Wildman–Crippen LogP) is 15.1. The van der Waals surface area contributed by atoms with Crippen molar-refractivity contribution in [3.05, 3.63) is 240 Å². The third kappa shape index (κ3) is 6.38. The van der Waals surface area contributed by atoms with E-state index in [-0.39, 0.29) is 0 Å². The molecule has 0 radical (unpaired) electrons. The Morgan fingerprint density at radius 1 is 0.415 bits per heavy atom. The van der Waals surface area contributed by atoms with Gasteiger partial charge in [-0.1, -0.05) is 164 Å². The molecule has 1 N–H and O–H groups in total. The first kappa shape index (κ1) is 37.3. The Bertz CT molecular complexity index is 3710. The molecule has 0 fully saturated rings. The van der Waals surface area contributed by atoms with Crippen molar-refractivity contribution in [2.75, 3.05) is 0 Å². The normalized spacial score (nSPS) is 15.9. The van der Waals surface area contributed by atoms with E-state index in [1.807, 2.05) is 36.4 Å². The number of para-hydroxylation sites is 2. The average Bonchev–Trinajstić information content (AvgIpc) is 3.90. The Morgan fingerprint density at radius 2 is 1.08 bits per heavy atom. The molecule has 308 valence electrons. The Balaban J connectivity index is 0.918. The van der Waals surface area contributed by atoms with Crippen LogP contribution in [0.3, 0.4) is 0 Å². The number of hydrogen-bond donors (Lipinski definition) is 1. The maximum atomic E-state index is 6.59. The lowest BCUT2D eigenvalue weighted by Crippen LogP contribution is -2.36. The molecular weight excluding hydrogens is 795 g/mol. The van der Waals surface area contributed by atoms with Crippen LogP contribution >= 0.6 is 0 Å². The molecule has 0 bridgehead atoms. The van der Waals surface area contributed by atoms with E-state index in [9.17, 15) is 0 Å².